The lowest BCUT2D eigenvalue weighted by Gasteiger charge is -2.19. The number of nitrogens with one attached hydrogen (secondary N) is 1. The number of carbonyl (C=O) groups is 2. The van der Waals surface area contributed by atoms with Gasteiger partial charge in [-0.15, -0.1) is 0 Å². The Morgan fingerprint density at radius 3 is 2.17 bits per heavy atom. The van der Waals surface area contributed by atoms with Gasteiger partial charge in [-0.05, 0) is 57.8 Å². The fourth-order valence-corrected chi connectivity index (χ4v) is 2.69. The first-order valence-corrected chi connectivity index (χ1v) is 8.98. The van der Waals surface area contributed by atoms with Crippen LogP contribution in [0.3, 0.4) is 0 Å². The number of tetrazole rings is 1. The molecule has 9 nitrogen and oxygen atoms in total. The van der Waals surface area contributed by atoms with Gasteiger partial charge in [-0.25, -0.2) is 4.79 Å². The predicted molar refractivity (Wildman–Crippen MR) is 108 cm³/mol. The Labute approximate surface area is 167 Å². The van der Waals surface area contributed by atoms with Crippen LogP contribution in [0.15, 0.2) is 53.3 Å². The maximum absolute atomic E-state index is 12.5. The van der Waals surface area contributed by atoms with Gasteiger partial charge >= 0.3 is 5.69 Å². The summed E-state index contributed by atoms with van der Waals surface area (Å²) in [6.45, 7) is 5.99. The van der Waals surface area contributed by atoms with E-state index in [9.17, 15) is 14.4 Å². The molecule has 29 heavy (non-hydrogen) atoms. The summed E-state index contributed by atoms with van der Waals surface area (Å²) in [6, 6.07) is 14.0. The molecule has 0 fully saturated rings. The van der Waals surface area contributed by atoms with Crippen LogP contribution < -0.4 is 16.7 Å². The molecule has 0 aliphatic rings. The number of primary amides is 1. The number of nitrogens with two attached hydrogens (primary N) is 1. The molecule has 0 spiro atoms. The van der Waals surface area contributed by atoms with Crippen molar-refractivity contribution in [3.63, 3.8) is 0 Å². The lowest BCUT2D eigenvalue weighted by Crippen LogP contribution is -2.30. The normalized spacial score (nSPS) is 11.3. The van der Waals surface area contributed by atoms with Crippen LogP contribution in [0.25, 0.3) is 5.69 Å². The highest BCUT2D eigenvalue weighted by Crippen LogP contribution is 2.22. The van der Waals surface area contributed by atoms with Gasteiger partial charge in [-0.2, -0.15) is 9.36 Å². The average Bonchev–Trinajstić information content (AvgIpc) is 3.01. The topological polar surface area (TPSA) is 125 Å². The number of nitrogens with zero attached hydrogens (tertiary/aromatic N) is 4. The number of aromatic nitrogens is 4. The van der Waals surface area contributed by atoms with Crippen molar-refractivity contribution in [3.05, 3.63) is 70.1 Å². The first-order chi connectivity index (χ1) is 13.6. The van der Waals surface area contributed by atoms with Crippen molar-refractivity contribution in [1.82, 2.24) is 19.8 Å². The Morgan fingerprint density at radius 2 is 1.62 bits per heavy atom. The Morgan fingerprint density at radius 1 is 1.00 bits per heavy atom. The van der Waals surface area contributed by atoms with Crippen molar-refractivity contribution in [2.24, 2.45) is 5.73 Å². The molecule has 1 aromatic heterocycles. The molecule has 150 valence electrons. The second-order valence-corrected chi connectivity index (χ2v) is 7.63. The number of carbonyl (C=O) groups excluding carboxylic acids is 2. The van der Waals surface area contributed by atoms with E-state index in [-0.39, 0.29) is 17.9 Å². The number of benzene rings is 2. The van der Waals surface area contributed by atoms with Gasteiger partial charge in [-0.3, -0.25) is 9.59 Å². The molecule has 3 aromatic rings. The van der Waals surface area contributed by atoms with E-state index in [0.717, 1.165) is 14.9 Å². The molecule has 0 aliphatic carbocycles. The predicted octanol–water partition coefficient (Wildman–Crippen LogP) is 1.46. The molecule has 0 radical (unpaired) electrons. The zero-order chi connectivity index (χ0) is 21.2. The zero-order valence-corrected chi connectivity index (χ0v) is 16.4. The van der Waals surface area contributed by atoms with Gasteiger partial charge in [-0.1, -0.05) is 32.9 Å². The van der Waals surface area contributed by atoms with E-state index in [1.165, 1.54) is 0 Å². The van der Waals surface area contributed by atoms with Crippen molar-refractivity contribution >= 4 is 17.5 Å². The molecule has 0 atom stereocenters. The molecule has 3 N–H and O–H groups in total. The third-order valence-electron chi connectivity index (χ3n) is 4.33. The van der Waals surface area contributed by atoms with Crippen LogP contribution in [0.2, 0.25) is 0 Å². The van der Waals surface area contributed by atoms with E-state index < -0.39 is 11.6 Å². The second-order valence-electron chi connectivity index (χ2n) is 7.63. The highest BCUT2D eigenvalue weighted by atomic mass is 16.2. The summed E-state index contributed by atoms with van der Waals surface area (Å²) in [5.74, 6) is -0.921. The molecular formula is C20H22N6O3. The molecule has 0 saturated heterocycles. The minimum Gasteiger partial charge on any atom is -0.368 e. The van der Waals surface area contributed by atoms with Gasteiger partial charge in [0.2, 0.25) is 5.91 Å². The lowest BCUT2D eigenvalue weighted by atomic mass is 9.87. The monoisotopic (exact) mass is 394 g/mol. The molecule has 3 rings (SSSR count). The Kier molecular flexibility index (Phi) is 5.31. The van der Waals surface area contributed by atoms with Gasteiger partial charge in [0.25, 0.3) is 5.91 Å². The molecule has 1 heterocycles. The smallest absolute Gasteiger partial charge is 0.368 e. The third kappa shape index (κ3) is 4.57. The largest absolute Gasteiger partial charge is 0.368 e. The SMILES string of the molecule is CC(C)(C)c1ccc(C(=O)Nc2ccc(-n3nnn(CC(N)=O)c3=O)cc2)cc1. The molecule has 0 bridgehead atoms. The van der Waals surface area contributed by atoms with Crippen LogP contribution in [0, 0.1) is 0 Å². The molecule has 0 unspecified atom stereocenters. The number of hydrogen-bond acceptors (Lipinski definition) is 5. The van der Waals surface area contributed by atoms with E-state index in [0.29, 0.717) is 16.9 Å². The van der Waals surface area contributed by atoms with Crippen LogP contribution in [0.1, 0.15) is 36.7 Å². The fourth-order valence-electron chi connectivity index (χ4n) is 2.69. The summed E-state index contributed by atoms with van der Waals surface area (Å²) in [5.41, 5.74) is 7.21. The van der Waals surface area contributed by atoms with Crippen molar-refractivity contribution in [2.75, 3.05) is 5.32 Å². The minimum atomic E-state index is -0.687. The summed E-state index contributed by atoms with van der Waals surface area (Å²) in [4.78, 5) is 35.6. The first kappa shape index (κ1) is 20.0. The second kappa shape index (κ2) is 7.70. The zero-order valence-electron chi connectivity index (χ0n) is 16.4. The maximum atomic E-state index is 12.5. The van der Waals surface area contributed by atoms with Crippen molar-refractivity contribution in [3.8, 4) is 5.69 Å². The van der Waals surface area contributed by atoms with Gasteiger partial charge in [0.15, 0.2) is 0 Å². The molecular weight excluding hydrogens is 372 g/mol. The van der Waals surface area contributed by atoms with E-state index in [2.05, 4.69) is 36.5 Å². The number of hydrogen-bond donors (Lipinski definition) is 2. The van der Waals surface area contributed by atoms with E-state index in [4.69, 9.17) is 5.73 Å². The lowest BCUT2D eigenvalue weighted by molar-refractivity contribution is -0.118. The highest BCUT2D eigenvalue weighted by molar-refractivity contribution is 6.04. The molecule has 2 amide bonds. The molecule has 0 aliphatic heterocycles. The maximum Gasteiger partial charge on any atom is 0.368 e. The van der Waals surface area contributed by atoms with Crippen molar-refractivity contribution in [1.29, 1.82) is 0 Å². The van der Waals surface area contributed by atoms with Crippen LogP contribution in [0.4, 0.5) is 5.69 Å². The van der Waals surface area contributed by atoms with Crippen molar-refractivity contribution < 1.29 is 9.59 Å². The number of amides is 2. The first-order valence-electron chi connectivity index (χ1n) is 8.98. The summed E-state index contributed by atoms with van der Waals surface area (Å²) < 4.78 is 1.92. The standard InChI is InChI=1S/C20H22N6O3/c1-20(2,3)14-6-4-13(5-7-14)18(28)22-15-8-10-16(11-9-15)26-19(29)25(23-24-26)12-17(21)27/h4-11H,12H2,1-3H3,(H2,21,27)(H,22,28). The molecule has 0 saturated carbocycles. The van der Waals surface area contributed by atoms with Gasteiger partial charge in [0, 0.05) is 11.3 Å². The Bertz CT molecular complexity index is 1090. The Balaban J connectivity index is 1.72. The van der Waals surface area contributed by atoms with E-state index in [1.54, 1.807) is 36.4 Å². The summed E-state index contributed by atoms with van der Waals surface area (Å²) in [5, 5.41) is 10.2. The van der Waals surface area contributed by atoms with Gasteiger partial charge in [0.1, 0.15) is 6.54 Å². The van der Waals surface area contributed by atoms with E-state index in [1.807, 2.05) is 12.1 Å². The average molecular weight is 394 g/mol. The van der Waals surface area contributed by atoms with Crippen molar-refractivity contribution in [2.45, 2.75) is 32.7 Å². The summed E-state index contributed by atoms with van der Waals surface area (Å²) in [6.07, 6.45) is 0. The van der Waals surface area contributed by atoms with Crippen LogP contribution in [-0.2, 0) is 16.8 Å². The summed E-state index contributed by atoms with van der Waals surface area (Å²) >= 11 is 0. The third-order valence-corrected chi connectivity index (χ3v) is 4.33. The minimum absolute atomic E-state index is 0.0161. The van der Waals surface area contributed by atoms with Crippen LogP contribution in [0.5, 0.6) is 0 Å². The Hall–Kier alpha value is -3.75. The number of rotatable bonds is 5. The van der Waals surface area contributed by atoms with Gasteiger partial charge in [0.05, 0.1) is 5.69 Å². The van der Waals surface area contributed by atoms with Crippen LogP contribution in [-0.4, -0.2) is 31.6 Å². The number of anilines is 1. The quantitative estimate of drug-likeness (QED) is 0.678. The van der Waals surface area contributed by atoms with E-state index >= 15 is 0 Å². The highest BCUT2D eigenvalue weighted by Gasteiger charge is 2.15. The van der Waals surface area contributed by atoms with Gasteiger partial charge < -0.3 is 11.1 Å². The molecule has 9 heteroatoms. The fraction of sp³-hybridized carbons (Fsp3) is 0.250. The van der Waals surface area contributed by atoms with Crippen LogP contribution >= 0.6 is 0 Å². The summed E-state index contributed by atoms with van der Waals surface area (Å²) in [7, 11) is 0. The molecule has 2 aromatic carbocycles.